The Morgan fingerprint density at radius 3 is 2.85 bits per heavy atom. The molecule has 1 N–H and O–H groups in total. The van der Waals surface area contributed by atoms with Crippen molar-refractivity contribution in [2.45, 2.75) is 26.3 Å². The number of aromatic nitrogens is 2. The average Bonchev–Trinajstić information content (AvgIpc) is 2.74. The van der Waals surface area contributed by atoms with E-state index in [4.69, 9.17) is 11.6 Å². The van der Waals surface area contributed by atoms with Crippen LogP contribution in [0.5, 0.6) is 0 Å². The first-order chi connectivity index (χ1) is 9.47. The normalized spacial score (nSPS) is 12.2. The Kier molecular flexibility index (Phi) is 4.51. The average molecular weight is 313 g/mol. The molecule has 0 aromatic carbocycles. The van der Waals surface area contributed by atoms with Crippen molar-refractivity contribution in [2.24, 2.45) is 0 Å². The Hall–Kier alpha value is -1.73. The van der Waals surface area contributed by atoms with Gasteiger partial charge in [-0.1, -0.05) is 11.6 Å². The summed E-state index contributed by atoms with van der Waals surface area (Å²) in [6.45, 7) is 3.98. The van der Waals surface area contributed by atoms with Crippen molar-refractivity contribution in [2.75, 3.05) is 5.32 Å². The first-order valence-corrected chi connectivity index (χ1v) is 7.13. The van der Waals surface area contributed by atoms with Crippen molar-refractivity contribution in [1.82, 2.24) is 9.97 Å². The molecule has 8 heteroatoms. The van der Waals surface area contributed by atoms with E-state index in [1.165, 1.54) is 16.1 Å². The van der Waals surface area contributed by atoms with Crippen LogP contribution in [0.1, 0.15) is 16.7 Å². The van der Waals surface area contributed by atoms with Crippen LogP contribution >= 0.6 is 22.9 Å². The fraction of sp³-hybridized carbons (Fsp3) is 0.333. The lowest BCUT2D eigenvalue weighted by molar-refractivity contribution is -0.384. The van der Waals surface area contributed by atoms with Crippen LogP contribution in [0.4, 0.5) is 11.5 Å². The van der Waals surface area contributed by atoms with Gasteiger partial charge < -0.3 is 5.32 Å². The number of aryl methyl sites for hydroxylation is 1. The highest BCUT2D eigenvalue weighted by Crippen LogP contribution is 2.29. The molecule has 2 rings (SSSR count). The van der Waals surface area contributed by atoms with Gasteiger partial charge in [-0.3, -0.25) is 10.1 Å². The van der Waals surface area contributed by atoms with Crippen molar-refractivity contribution in [3.8, 4) is 0 Å². The minimum Gasteiger partial charge on any atom is -0.361 e. The number of thiophene rings is 1. The predicted molar refractivity (Wildman–Crippen MR) is 79.5 cm³/mol. The molecule has 0 amide bonds. The van der Waals surface area contributed by atoms with Crippen molar-refractivity contribution < 1.29 is 4.92 Å². The summed E-state index contributed by atoms with van der Waals surface area (Å²) in [6, 6.07) is 4.11. The molecule has 0 aliphatic carbocycles. The maximum atomic E-state index is 11.0. The fourth-order valence-corrected chi connectivity index (χ4v) is 3.03. The summed E-state index contributed by atoms with van der Waals surface area (Å²) in [6.07, 6.45) is 1.97. The SMILES string of the molecule is Cc1ccc(CC(C)Nc2ncnc(Cl)c2[N+](=O)[O-])s1. The third-order valence-corrected chi connectivity index (χ3v) is 3.95. The third-order valence-electron chi connectivity index (χ3n) is 2.65. The molecule has 2 heterocycles. The lowest BCUT2D eigenvalue weighted by atomic mass is 10.2. The predicted octanol–water partition coefficient (Wildman–Crippen LogP) is 3.45. The van der Waals surface area contributed by atoms with Gasteiger partial charge in [0.1, 0.15) is 6.33 Å². The van der Waals surface area contributed by atoms with Crippen LogP contribution in [0.2, 0.25) is 5.15 Å². The molecule has 0 spiro atoms. The minimum absolute atomic E-state index is 0.00211. The Morgan fingerprint density at radius 1 is 1.50 bits per heavy atom. The monoisotopic (exact) mass is 312 g/mol. The van der Waals surface area contributed by atoms with Gasteiger partial charge in [0.15, 0.2) is 0 Å². The molecule has 0 radical (unpaired) electrons. The molecule has 6 nitrogen and oxygen atoms in total. The first kappa shape index (κ1) is 14.7. The van der Waals surface area contributed by atoms with E-state index < -0.39 is 4.92 Å². The lowest BCUT2D eigenvalue weighted by Crippen LogP contribution is -2.19. The van der Waals surface area contributed by atoms with Crippen LogP contribution in [-0.4, -0.2) is 20.9 Å². The number of nitrogens with one attached hydrogen (secondary N) is 1. The Bertz CT molecular complexity index is 632. The summed E-state index contributed by atoms with van der Waals surface area (Å²) >= 11 is 7.45. The van der Waals surface area contributed by atoms with E-state index in [9.17, 15) is 10.1 Å². The van der Waals surface area contributed by atoms with E-state index in [0.717, 1.165) is 6.42 Å². The molecular weight excluding hydrogens is 300 g/mol. The van der Waals surface area contributed by atoms with Crippen LogP contribution in [0.15, 0.2) is 18.5 Å². The second-order valence-corrected chi connectivity index (χ2v) is 6.11. The molecule has 106 valence electrons. The molecule has 1 atom stereocenters. The van der Waals surface area contributed by atoms with Crippen LogP contribution in [-0.2, 0) is 6.42 Å². The van der Waals surface area contributed by atoms with Crippen LogP contribution in [0.25, 0.3) is 0 Å². The quantitative estimate of drug-likeness (QED) is 0.519. The van der Waals surface area contributed by atoms with Crippen LogP contribution < -0.4 is 5.32 Å². The fourth-order valence-electron chi connectivity index (χ4n) is 1.81. The van der Waals surface area contributed by atoms with E-state index in [1.54, 1.807) is 11.3 Å². The van der Waals surface area contributed by atoms with E-state index >= 15 is 0 Å². The molecule has 0 aliphatic rings. The van der Waals surface area contributed by atoms with Crippen molar-refractivity contribution in [3.05, 3.63) is 43.5 Å². The summed E-state index contributed by atoms with van der Waals surface area (Å²) in [5.74, 6) is 0.149. The Balaban J connectivity index is 2.13. The van der Waals surface area contributed by atoms with Crippen molar-refractivity contribution in [3.63, 3.8) is 0 Å². The topological polar surface area (TPSA) is 81.0 Å². The maximum Gasteiger partial charge on any atom is 0.348 e. The highest BCUT2D eigenvalue weighted by atomic mass is 35.5. The van der Waals surface area contributed by atoms with Gasteiger partial charge in [-0.25, -0.2) is 9.97 Å². The molecule has 0 fully saturated rings. The molecule has 20 heavy (non-hydrogen) atoms. The number of rotatable bonds is 5. The van der Waals surface area contributed by atoms with E-state index in [0.29, 0.717) is 0 Å². The van der Waals surface area contributed by atoms with Gasteiger partial charge in [0.2, 0.25) is 11.0 Å². The third kappa shape index (κ3) is 3.43. The van der Waals surface area contributed by atoms with Gasteiger partial charge in [-0.2, -0.15) is 0 Å². The smallest absolute Gasteiger partial charge is 0.348 e. The van der Waals surface area contributed by atoms with Gasteiger partial charge in [0.05, 0.1) is 4.92 Å². The highest BCUT2D eigenvalue weighted by molar-refractivity contribution is 7.11. The van der Waals surface area contributed by atoms with Gasteiger partial charge in [-0.15, -0.1) is 11.3 Å². The first-order valence-electron chi connectivity index (χ1n) is 5.94. The summed E-state index contributed by atoms with van der Waals surface area (Å²) < 4.78 is 0. The Labute approximate surface area is 125 Å². The standard InChI is InChI=1S/C12H13ClN4O2S/c1-7(5-9-4-3-8(2)20-9)16-12-10(17(18)19)11(13)14-6-15-12/h3-4,6-7H,5H2,1-2H3,(H,14,15,16). The van der Waals surface area contributed by atoms with Gasteiger partial charge in [-0.05, 0) is 26.0 Å². The maximum absolute atomic E-state index is 11.0. The molecular formula is C12H13ClN4O2S. The molecule has 0 aliphatic heterocycles. The summed E-state index contributed by atoms with van der Waals surface area (Å²) in [7, 11) is 0. The number of hydrogen-bond acceptors (Lipinski definition) is 6. The molecule has 0 saturated carbocycles. The number of anilines is 1. The molecule has 0 bridgehead atoms. The minimum atomic E-state index is -0.577. The number of halogens is 1. The zero-order chi connectivity index (χ0) is 14.7. The van der Waals surface area contributed by atoms with Gasteiger partial charge >= 0.3 is 5.69 Å². The lowest BCUT2D eigenvalue weighted by Gasteiger charge is -2.13. The van der Waals surface area contributed by atoms with E-state index in [1.807, 2.05) is 13.8 Å². The zero-order valence-corrected chi connectivity index (χ0v) is 12.5. The van der Waals surface area contributed by atoms with E-state index in [2.05, 4.69) is 27.4 Å². The number of hydrogen-bond donors (Lipinski definition) is 1. The summed E-state index contributed by atoms with van der Waals surface area (Å²) in [5, 5.41) is 13.8. The van der Waals surface area contributed by atoms with Crippen molar-refractivity contribution in [1.29, 1.82) is 0 Å². The Morgan fingerprint density at radius 2 is 2.25 bits per heavy atom. The second-order valence-electron chi connectivity index (χ2n) is 4.38. The van der Waals surface area contributed by atoms with Gasteiger partial charge in [0.25, 0.3) is 0 Å². The second kappa shape index (κ2) is 6.15. The number of nitro groups is 1. The largest absolute Gasteiger partial charge is 0.361 e. The summed E-state index contributed by atoms with van der Waals surface area (Å²) in [4.78, 5) is 20.4. The zero-order valence-electron chi connectivity index (χ0n) is 11.0. The summed E-state index contributed by atoms with van der Waals surface area (Å²) in [5.41, 5.74) is -0.289. The van der Waals surface area contributed by atoms with Gasteiger partial charge in [0, 0.05) is 22.2 Å². The van der Waals surface area contributed by atoms with Crippen LogP contribution in [0, 0.1) is 17.0 Å². The number of nitrogens with zero attached hydrogens (tertiary/aromatic N) is 3. The molecule has 0 saturated heterocycles. The molecule has 2 aromatic rings. The van der Waals surface area contributed by atoms with E-state index in [-0.39, 0.29) is 22.7 Å². The molecule has 1 unspecified atom stereocenters. The van der Waals surface area contributed by atoms with Crippen molar-refractivity contribution >= 4 is 34.4 Å². The molecule has 2 aromatic heterocycles. The van der Waals surface area contributed by atoms with Crippen LogP contribution in [0.3, 0.4) is 0 Å². The highest BCUT2D eigenvalue weighted by Gasteiger charge is 2.22.